The van der Waals surface area contributed by atoms with Gasteiger partial charge in [-0.3, -0.25) is 0 Å². The molecule has 0 amide bonds. The van der Waals surface area contributed by atoms with Gasteiger partial charge in [0, 0.05) is 13.1 Å². The lowest BCUT2D eigenvalue weighted by Crippen LogP contribution is -1.87. The minimum Gasteiger partial charge on any atom is -0.309 e. The Kier molecular flexibility index (Phi) is 2.61. The summed E-state index contributed by atoms with van der Waals surface area (Å²) < 4.78 is 0.804. The van der Waals surface area contributed by atoms with Crippen molar-refractivity contribution in [3.8, 4) is 0 Å². The van der Waals surface area contributed by atoms with Gasteiger partial charge in [0.25, 0.3) is 0 Å². The molecule has 1 aromatic rings. The van der Waals surface area contributed by atoms with Gasteiger partial charge in [-0.15, -0.1) is 0 Å². The summed E-state index contributed by atoms with van der Waals surface area (Å²) in [5, 5.41) is 0. The SMILES string of the molecule is [C-]#[N+]C(C)c1ccc(Br)nc1. The summed E-state index contributed by atoms with van der Waals surface area (Å²) in [6, 6.07) is 3.66. The molecule has 0 saturated carbocycles. The van der Waals surface area contributed by atoms with Gasteiger partial charge < -0.3 is 4.85 Å². The Balaban J connectivity index is 2.92. The summed E-state index contributed by atoms with van der Waals surface area (Å²) in [5.41, 5.74) is 0.961. The van der Waals surface area contributed by atoms with Crippen LogP contribution in [0.2, 0.25) is 0 Å². The quantitative estimate of drug-likeness (QED) is 0.515. The third-order valence-electron chi connectivity index (χ3n) is 1.43. The zero-order valence-electron chi connectivity index (χ0n) is 6.08. The molecule has 1 heterocycles. The van der Waals surface area contributed by atoms with E-state index >= 15 is 0 Å². The van der Waals surface area contributed by atoms with Crippen molar-refractivity contribution in [1.82, 2.24) is 4.98 Å². The molecule has 0 aliphatic carbocycles. The number of hydrogen-bond acceptors (Lipinski definition) is 1. The van der Waals surface area contributed by atoms with Crippen LogP contribution in [0, 0.1) is 6.57 Å². The van der Waals surface area contributed by atoms with E-state index in [2.05, 4.69) is 25.8 Å². The molecule has 0 aliphatic heterocycles. The molecular weight excluding hydrogens is 204 g/mol. The second-order valence-corrected chi connectivity index (χ2v) is 3.03. The molecule has 0 radical (unpaired) electrons. The molecule has 0 spiro atoms. The number of hydrogen-bond donors (Lipinski definition) is 0. The van der Waals surface area contributed by atoms with E-state index in [1.807, 2.05) is 19.1 Å². The molecule has 1 unspecified atom stereocenters. The monoisotopic (exact) mass is 210 g/mol. The maximum atomic E-state index is 6.79. The Morgan fingerprint density at radius 3 is 2.82 bits per heavy atom. The molecule has 0 fully saturated rings. The molecule has 3 heteroatoms. The van der Waals surface area contributed by atoms with Crippen LogP contribution in [-0.4, -0.2) is 4.98 Å². The van der Waals surface area contributed by atoms with E-state index in [0.717, 1.165) is 10.2 Å². The fourth-order valence-electron chi connectivity index (χ4n) is 0.709. The zero-order chi connectivity index (χ0) is 8.27. The Bertz CT molecular complexity index is 273. The van der Waals surface area contributed by atoms with E-state index in [4.69, 9.17) is 6.57 Å². The Labute approximate surface area is 74.2 Å². The second-order valence-electron chi connectivity index (χ2n) is 2.22. The van der Waals surface area contributed by atoms with Crippen LogP contribution in [0.4, 0.5) is 0 Å². The van der Waals surface area contributed by atoms with Crippen LogP contribution in [0.3, 0.4) is 0 Å². The van der Waals surface area contributed by atoms with Crippen LogP contribution in [0.15, 0.2) is 22.9 Å². The predicted octanol–water partition coefficient (Wildman–Crippen LogP) is 2.82. The topological polar surface area (TPSA) is 17.2 Å². The van der Waals surface area contributed by atoms with E-state index < -0.39 is 0 Å². The van der Waals surface area contributed by atoms with Crippen molar-refractivity contribution in [2.75, 3.05) is 0 Å². The Morgan fingerprint density at radius 2 is 2.36 bits per heavy atom. The van der Waals surface area contributed by atoms with Gasteiger partial charge in [0.05, 0.1) is 5.56 Å². The first-order valence-corrected chi connectivity index (χ1v) is 4.01. The van der Waals surface area contributed by atoms with Gasteiger partial charge in [0.2, 0.25) is 6.04 Å². The first kappa shape index (κ1) is 8.22. The third kappa shape index (κ3) is 2.02. The summed E-state index contributed by atoms with van der Waals surface area (Å²) in [5.74, 6) is 0. The van der Waals surface area contributed by atoms with E-state index in [0.29, 0.717) is 0 Å². The van der Waals surface area contributed by atoms with Gasteiger partial charge in [-0.05, 0) is 28.1 Å². The van der Waals surface area contributed by atoms with Crippen LogP contribution >= 0.6 is 15.9 Å². The molecule has 56 valence electrons. The highest BCUT2D eigenvalue weighted by Crippen LogP contribution is 2.16. The lowest BCUT2D eigenvalue weighted by molar-refractivity contribution is 0.945. The smallest absolute Gasteiger partial charge is 0.247 e. The average molecular weight is 211 g/mol. The molecule has 0 bridgehead atoms. The van der Waals surface area contributed by atoms with Crippen LogP contribution in [0.25, 0.3) is 4.85 Å². The van der Waals surface area contributed by atoms with Crippen molar-refractivity contribution < 1.29 is 0 Å². The van der Waals surface area contributed by atoms with E-state index in [1.165, 1.54) is 0 Å². The highest BCUT2D eigenvalue weighted by molar-refractivity contribution is 9.10. The molecule has 11 heavy (non-hydrogen) atoms. The van der Waals surface area contributed by atoms with Crippen molar-refractivity contribution in [3.63, 3.8) is 0 Å². The summed E-state index contributed by atoms with van der Waals surface area (Å²) in [7, 11) is 0. The summed E-state index contributed by atoms with van der Waals surface area (Å²) in [6.07, 6.45) is 1.72. The van der Waals surface area contributed by atoms with Crippen molar-refractivity contribution >= 4 is 15.9 Å². The second kappa shape index (κ2) is 3.49. The molecule has 0 aliphatic rings. The standard InChI is InChI=1S/C8H7BrN2/c1-6(10-2)7-3-4-8(9)11-5-7/h3-6H,1H3. The minimum atomic E-state index is -0.0874. The average Bonchev–Trinajstić information content (AvgIpc) is 2.05. The first-order chi connectivity index (χ1) is 5.24. The molecule has 0 N–H and O–H groups in total. The normalized spacial score (nSPS) is 12.1. The van der Waals surface area contributed by atoms with Gasteiger partial charge >= 0.3 is 0 Å². The van der Waals surface area contributed by atoms with Gasteiger partial charge in [0.15, 0.2) is 0 Å². The van der Waals surface area contributed by atoms with Crippen molar-refractivity contribution in [2.24, 2.45) is 0 Å². The van der Waals surface area contributed by atoms with Gasteiger partial charge in [-0.1, -0.05) is 0 Å². The molecule has 0 saturated heterocycles. The maximum Gasteiger partial charge on any atom is 0.247 e. The number of nitrogens with zero attached hydrogens (tertiary/aromatic N) is 2. The van der Waals surface area contributed by atoms with E-state index in [-0.39, 0.29) is 6.04 Å². The van der Waals surface area contributed by atoms with Gasteiger partial charge in [-0.2, -0.15) is 0 Å². The summed E-state index contributed by atoms with van der Waals surface area (Å²) in [4.78, 5) is 7.40. The molecular formula is C8H7BrN2. The Hall–Kier alpha value is -0.880. The number of aromatic nitrogens is 1. The number of rotatable bonds is 1. The molecule has 1 rings (SSSR count). The molecule has 0 aromatic carbocycles. The summed E-state index contributed by atoms with van der Waals surface area (Å²) >= 11 is 3.23. The maximum absolute atomic E-state index is 6.79. The molecule has 2 nitrogen and oxygen atoms in total. The van der Waals surface area contributed by atoms with Crippen LogP contribution < -0.4 is 0 Å². The van der Waals surface area contributed by atoms with Crippen molar-refractivity contribution in [2.45, 2.75) is 13.0 Å². The van der Waals surface area contributed by atoms with Crippen LogP contribution in [-0.2, 0) is 0 Å². The van der Waals surface area contributed by atoms with Crippen LogP contribution in [0.5, 0.6) is 0 Å². The van der Waals surface area contributed by atoms with Crippen molar-refractivity contribution in [3.05, 3.63) is 39.9 Å². The van der Waals surface area contributed by atoms with Crippen LogP contribution in [0.1, 0.15) is 18.5 Å². The first-order valence-electron chi connectivity index (χ1n) is 3.22. The highest BCUT2D eigenvalue weighted by atomic mass is 79.9. The van der Waals surface area contributed by atoms with Gasteiger partial charge in [0.1, 0.15) is 4.60 Å². The number of pyridine rings is 1. The zero-order valence-corrected chi connectivity index (χ0v) is 7.67. The van der Waals surface area contributed by atoms with Crippen molar-refractivity contribution in [1.29, 1.82) is 0 Å². The highest BCUT2D eigenvalue weighted by Gasteiger charge is 2.06. The fraction of sp³-hybridized carbons (Fsp3) is 0.250. The molecule has 1 aromatic heterocycles. The lowest BCUT2D eigenvalue weighted by Gasteiger charge is -1.97. The lowest BCUT2D eigenvalue weighted by atomic mass is 10.2. The van der Waals surface area contributed by atoms with E-state index in [9.17, 15) is 0 Å². The minimum absolute atomic E-state index is 0.0874. The summed E-state index contributed by atoms with van der Waals surface area (Å²) in [6.45, 7) is 8.64. The van der Waals surface area contributed by atoms with Gasteiger partial charge in [-0.25, -0.2) is 11.6 Å². The molecule has 1 atom stereocenters. The predicted molar refractivity (Wildman–Crippen MR) is 47.0 cm³/mol. The number of halogens is 1. The fourth-order valence-corrected chi connectivity index (χ4v) is 0.943. The Morgan fingerprint density at radius 1 is 1.64 bits per heavy atom. The van der Waals surface area contributed by atoms with E-state index in [1.54, 1.807) is 6.20 Å². The largest absolute Gasteiger partial charge is 0.309 e. The third-order valence-corrected chi connectivity index (χ3v) is 1.90.